The lowest BCUT2D eigenvalue weighted by atomic mass is 9.71. The molecular weight excluding hydrogens is 968 g/mol. The van der Waals surface area contributed by atoms with Gasteiger partial charge >= 0.3 is 0 Å². The van der Waals surface area contributed by atoms with Crippen molar-refractivity contribution in [2.75, 3.05) is 86.7 Å². The third kappa shape index (κ3) is 9.75. The smallest absolute Gasteiger partial charge is 0.255 e. The Bertz CT molecular complexity index is 2900. The zero-order valence-electron chi connectivity index (χ0n) is 40.9. The predicted molar refractivity (Wildman–Crippen MR) is 281 cm³/mol. The van der Waals surface area contributed by atoms with Crippen molar-refractivity contribution < 1.29 is 23.7 Å². The monoisotopic (exact) mass is 1030 g/mol. The quantitative estimate of drug-likeness (QED) is 0.0803. The van der Waals surface area contributed by atoms with Crippen molar-refractivity contribution >= 4 is 91.5 Å². The minimum atomic E-state index is -2.73. The van der Waals surface area contributed by atoms with Crippen molar-refractivity contribution in [3.05, 3.63) is 87.7 Å². The molecule has 4 saturated heterocycles. The number of piperidine rings is 4. The van der Waals surface area contributed by atoms with Gasteiger partial charge in [-0.25, -0.2) is 4.98 Å². The van der Waals surface area contributed by atoms with Crippen molar-refractivity contribution in [1.82, 2.24) is 30.1 Å². The van der Waals surface area contributed by atoms with Crippen LogP contribution >= 0.6 is 23.1 Å². The highest BCUT2D eigenvalue weighted by Gasteiger charge is 2.41. The van der Waals surface area contributed by atoms with Crippen LogP contribution in [-0.2, 0) is 27.1 Å². The van der Waals surface area contributed by atoms with E-state index in [0.29, 0.717) is 51.8 Å². The number of fused-ring (bicyclic) bond motifs is 2. The zero-order chi connectivity index (χ0) is 48.9. The van der Waals surface area contributed by atoms with E-state index >= 15 is 0 Å². The maximum atomic E-state index is 13.7. The number of aromatic nitrogens is 3. The number of nitrogens with one attached hydrogen (secondary N) is 3. The van der Waals surface area contributed by atoms with Gasteiger partial charge in [0, 0.05) is 91.3 Å². The summed E-state index contributed by atoms with van der Waals surface area (Å²) in [5.41, 5.74) is 8.84. The lowest BCUT2D eigenvalue weighted by Gasteiger charge is -2.48. The van der Waals surface area contributed by atoms with Crippen LogP contribution in [0.5, 0.6) is 5.75 Å². The van der Waals surface area contributed by atoms with E-state index in [1.807, 2.05) is 37.3 Å². The molecule has 0 aliphatic carbocycles. The number of nitrogens with zero attached hydrogens (tertiary/aromatic N) is 7. The molecule has 0 bridgehead atoms. The zero-order valence-corrected chi connectivity index (χ0v) is 43.4. The Hall–Kier alpha value is -5.57. The van der Waals surface area contributed by atoms with Gasteiger partial charge in [0.2, 0.25) is 17.8 Å². The van der Waals surface area contributed by atoms with E-state index in [0.717, 1.165) is 110 Å². The first kappa shape index (κ1) is 48.1. The van der Waals surface area contributed by atoms with Gasteiger partial charge in [-0.3, -0.25) is 24.7 Å². The highest BCUT2D eigenvalue weighted by molar-refractivity contribution is 9.10. The molecule has 3 amide bonds. The predicted octanol–water partition coefficient (Wildman–Crippen LogP) is 8.76. The van der Waals surface area contributed by atoms with E-state index in [-0.39, 0.29) is 24.1 Å². The topological polar surface area (TPSA) is 165 Å². The van der Waals surface area contributed by atoms with Crippen LogP contribution in [-0.4, -0.2) is 115 Å². The Kier molecular flexibility index (Phi) is 13.4. The van der Waals surface area contributed by atoms with Gasteiger partial charge in [0.25, 0.3) is 5.91 Å². The number of pyridine rings is 1. The molecule has 17 heteroatoms. The summed E-state index contributed by atoms with van der Waals surface area (Å²) < 4.78 is 20.4. The second-order valence-electron chi connectivity index (χ2n) is 20.5. The van der Waals surface area contributed by atoms with Crippen molar-refractivity contribution in [3.63, 3.8) is 0 Å². The highest BCUT2D eigenvalue weighted by atomic mass is 79.9. The van der Waals surface area contributed by atoms with Gasteiger partial charge in [-0.2, -0.15) is 4.98 Å². The van der Waals surface area contributed by atoms with Gasteiger partial charge in [-0.05, 0) is 166 Å². The molecule has 7 heterocycles. The van der Waals surface area contributed by atoms with Crippen molar-refractivity contribution in [2.24, 2.45) is 11.3 Å². The fourth-order valence-electron chi connectivity index (χ4n) is 11.6. The summed E-state index contributed by atoms with van der Waals surface area (Å²) in [6, 6.07) is 17.7. The molecule has 5 aromatic rings. The molecule has 10 rings (SSSR count). The number of carbonyl (C=O) groups is 3. The number of hydrogen-bond donors (Lipinski definition) is 3. The fourth-order valence-corrected chi connectivity index (χ4v) is 13.4. The van der Waals surface area contributed by atoms with Crippen molar-refractivity contribution in [2.45, 2.75) is 84.2 Å². The normalized spacial score (nSPS) is 20.0. The van der Waals surface area contributed by atoms with Crippen LogP contribution in [0, 0.1) is 18.3 Å². The number of benzene rings is 3. The van der Waals surface area contributed by atoms with Gasteiger partial charge in [0.15, 0.2) is 0 Å². The summed E-state index contributed by atoms with van der Waals surface area (Å²) >= 11 is 3.64. The largest absolute Gasteiger partial charge is 0.494 e. The lowest BCUT2D eigenvalue weighted by Crippen LogP contribution is -2.52. The first-order chi connectivity index (χ1) is 33.7. The molecular formula is C53H64BrN10O5P. The van der Waals surface area contributed by atoms with Crippen LogP contribution in [0.25, 0.3) is 10.9 Å². The summed E-state index contributed by atoms with van der Waals surface area (Å²) in [7, 11) is -1.02. The van der Waals surface area contributed by atoms with Gasteiger partial charge in [-0.15, -0.1) is 0 Å². The van der Waals surface area contributed by atoms with Crippen LogP contribution < -0.4 is 35.8 Å². The Morgan fingerprint density at radius 1 is 0.871 bits per heavy atom. The molecule has 5 aliphatic rings. The third-order valence-electron chi connectivity index (χ3n) is 15.6. The molecule has 3 N–H and O–H groups in total. The molecule has 15 nitrogen and oxygen atoms in total. The summed E-state index contributed by atoms with van der Waals surface area (Å²) in [6.45, 7) is 15.6. The van der Waals surface area contributed by atoms with Crippen LogP contribution in [0.2, 0.25) is 0 Å². The summed E-state index contributed by atoms with van der Waals surface area (Å²) in [6.07, 6.45) is 10.4. The van der Waals surface area contributed by atoms with Crippen LogP contribution in [0.1, 0.15) is 85.5 Å². The number of aryl methyl sites for hydroxylation is 2. The number of likely N-dealkylation sites (tertiary alicyclic amines) is 1. The first-order valence-corrected chi connectivity index (χ1v) is 28.3. The molecule has 1 atom stereocenters. The van der Waals surface area contributed by atoms with Crippen molar-refractivity contribution in [3.8, 4) is 5.75 Å². The third-order valence-corrected chi connectivity index (χ3v) is 17.8. The number of anilines is 6. The van der Waals surface area contributed by atoms with Gasteiger partial charge in [-0.1, -0.05) is 13.0 Å². The second-order valence-corrected chi connectivity index (χ2v) is 24.5. The summed E-state index contributed by atoms with van der Waals surface area (Å²) in [4.78, 5) is 61.0. The van der Waals surface area contributed by atoms with E-state index in [2.05, 4.69) is 87.7 Å². The number of ether oxygens (including phenoxy) is 1. The lowest BCUT2D eigenvalue weighted by molar-refractivity contribution is -0.136. The maximum absolute atomic E-state index is 13.7. The Morgan fingerprint density at radius 3 is 2.34 bits per heavy atom. The molecule has 5 aliphatic heterocycles. The van der Waals surface area contributed by atoms with E-state index in [4.69, 9.17) is 9.72 Å². The molecule has 3 aromatic carbocycles. The second kappa shape index (κ2) is 19.6. The maximum Gasteiger partial charge on any atom is 0.255 e. The van der Waals surface area contributed by atoms with E-state index in [1.165, 1.54) is 36.9 Å². The van der Waals surface area contributed by atoms with Gasteiger partial charge < -0.3 is 39.5 Å². The van der Waals surface area contributed by atoms with Gasteiger partial charge in [0.1, 0.15) is 24.8 Å². The van der Waals surface area contributed by atoms with Crippen LogP contribution in [0.15, 0.2) is 65.3 Å². The summed E-state index contributed by atoms with van der Waals surface area (Å²) in [5.74, 6) is 1.58. The SMILES string of the molecule is CCc1cc(Nc2ncc(Br)c(Nc3ccc4nc(C)ccc4c3P(C)(C)=O)n2)c(OC)cc1N1CCC2(CCN(CC3CCN(c4ccc5c(c4)CN(C4CCC(=O)NC4=O)C5=O)CC3)CC2)CC1. The molecule has 1 spiro atoms. The number of imide groups is 1. The van der Waals surface area contributed by atoms with Crippen LogP contribution in [0.3, 0.4) is 0 Å². The number of amides is 3. The van der Waals surface area contributed by atoms with E-state index in [1.54, 1.807) is 31.5 Å². The van der Waals surface area contributed by atoms with Crippen LogP contribution in [0.4, 0.5) is 34.5 Å². The highest BCUT2D eigenvalue weighted by Crippen LogP contribution is 2.46. The minimum Gasteiger partial charge on any atom is -0.494 e. The standard InChI is InChI=1S/C53H64BrN10O5P/c1-6-35-28-43(58-52-55-30-40(54)49(60-52)57-42-12-11-41-39(9-7-33(2)56-41)48(42)70(4,5)68)46(69-3)29-45(35)63-25-19-53(20-26-63)17-23-61(24-18-53)31-34-15-21-62(22-16-34)37-8-10-38-36(27-37)32-64(51(38)67)44-13-14-47(65)59-50(44)66/h7-12,27-30,34,44H,6,13-26,31-32H2,1-5H3,(H,59,65,66)(H2,55,57,58,60). The molecule has 0 radical (unpaired) electrons. The van der Waals surface area contributed by atoms with Gasteiger partial charge in [0.05, 0.1) is 28.5 Å². The van der Waals surface area contributed by atoms with E-state index in [9.17, 15) is 18.9 Å². The Balaban J connectivity index is 0.724. The number of rotatable bonds is 12. The Morgan fingerprint density at radius 2 is 1.63 bits per heavy atom. The molecule has 70 heavy (non-hydrogen) atoms. The molecule has 4 fully saturated rings. The average Bonchev–Trinajstić information content (AvgIpc) is 3.67. The number of methoxy groups -OCH3 is 1. The molecule has 2 aromatic heterocycles. The summed E-state index contributed by atoms with van der Waals surface area (Å²) in [5, 5.41) is 10.9. The molecule has 368 valence electrons. The fraction of sp³-hybridized carbons (Fsp3) is 0.472. The minimum absolute atomic E-state index is 0.123. The number of carbonyl (C=O) groups excluding carboxylic acids is 3. The molecule has 0 saturated carbocycles. The van der Waals surface area contributed by atoms with Crippen molar-refractivity contribution in [1.29, 1.82) is 0 Å². The first-order valence-electron chi connectivity index (χ1n) is 24.9. The number of halogens is 1. The Labute approximate surface area is 419 Å². The van der Waals surface area contributed by atoms with E-state index < -0.39 is 13.2 Å². The molecule has 1 unspecified atom stereocenters. The number of hydrogen-bond acceptors (Lipinski definition) is 13. The average molecular weight is 1030 g/mol.